The molecular formula is C19H21FN4O3. The maximum Gasteiger partial charge on any atom is 0.252 e. The van der Waals surface area contributed by atoms with E-state index in [1.807, 2.05) is 11.8 Å². The zero-order chi connectivity index (χ0) is 19.0. The summed E-state index contributed by atoms with van der Waals surface area (Å²) < 4.78 is 18.8. The minimum atomic E-state index is -0.306. The van der Waals surface area contributed by atoms with E-state index in [-0.39, 0.29) is 29.7 Å². The molecule has 0 bridgehead atoms. The van der Waals surface area contributed by atoms with Gasteiger partial charge in [0.15, 0.2) is 0 Å². The molecule has 8 heteroatoms. The van der Waals surface area contributed by atoms with Gasteiger partial charge in [-0.25, -0.2) is 9.37 Å². The van der Waals surface area contributed by atoms with Crippen molar-refractivity contribution in [2.45, 2.75) is 25.8 Å². The van der Waals surface area contributed by atoms with Crippen LogP contribution in [0.3, 0.4) is 0 Å². The molecule has 0 aliphatic carbocycles. The molecule has 1 aromatic heterocycles. The van der Waals surface area contributed by atoms with Gasteiger partial charge in [-0.15, -0.1) is 0 Å². The zero-order valence-corrected chi connectivity index (χ0v) is 15.1. The van der Waals surface area contributed by atoms with E-state index < -0.39 is 0 Å². The summed E-state index contributed by atoms with van der Waals surface area (Å²) >= 11 is 0. The van der Waals surface area contributed by atoms with Crippen molar-refractivity contribution in [2.75, 3.05) is 36.1 Å². The van der Waals surface area contributed by atoms with Crippen LogP contribution in [0.1, 0.15) is 18.3 Å². The molecular weight excluding hydrogens is 351 g/mol. The summed E-state index contributed by atoms with van der Waals surface area (Å²) in [7, 11) is 0. The summed E-state index contributed by atoms with van der Waals surface area (Å²) in [5, 5.41) is 0. The average Bonchev–Trinajstić information content (AvgIpc) is 2.96. The van der Waals surface area contributed by atoms with Crippen molar-refractivity contribution in [1.82, 2.24) is 9.97 Å². The van der Waals surface area contributed by atoms with Gasteiger partial charge in [-0.3, -0.25) is 9.59 Å². The van der Waals surface area contributed by atoms with Crippen LogP contribution in [-0.2, 0) is 22.4 Å². The summed E-state index contributed by atoms with van der Waals surface area (Å²) in [6.07, 6.45) is 0.588. The number of nitrogens with zero attached hydrogens (tertiary/aromatic N) is 3. The predicted octanol–water partition coefficient (Wildman–Crippen LogP) is 1.27. The second-order valence-electron chi connectivity index (χ2n) is 6.92. The Balaban J connectivity index is 1.57. The molecule has 4 rings (SSSR count). The molecule has 1 N–H and O–H groups in total. The Labute approximate surface area is 155 Å². The highest BCUT2D eigenvalue weighted by Crippen LogP contribution is 2.33. The second kappa shape index (κ2) is 7.11. The Morgan fingerprint density at radius 1 is 1.33 bits per heavy atom. The predicted molar refractivity (Wildman–Crippen MR) is 98.6 cm³/mol. The van der Waals surface area contributed by atoms with Crippen molar-refractivity contribution >= 4 is 17.4 Å². The summed E-state index contributed by atoms with van der Waals surface area (Å²) in [6, 6.07) is 5.83. The molecule has 0 radical (unpaired) electrons. The van der Waals surface area contributed by atoms with Crippen molar-refractivity contribution in [3.63, 3.8) is 0 Å². The number of amides is 1. The lowest BCUT2D eigenvalue weighted by Gasteiger charge is -2.28. The molecule has 1 aromatic carbocycles. The Kier molecular flexibility index (Phi) is 4.65. The number of aromatic nitrogens is 2. The smallest absolute Gasteiger partial charge is 0.252 e. The number of hydrogen-bond donors (Lipinski definition) is 1. The van der Waals surface area contributed by atoms with E-state index in [1.54, 1.807) is 11.0 Å². The molecule has 0 spiro atoms. The highest BCUT2D eigenvalue weighted by Gasteiger charge is 2.31. The number of anilines is 2. The van der Waals surface area contributed by atoms with E-state index in [0.29, 0.717) is 44.4 Å². The Morgan fingerprint density at radius 2 is 2.11 bits per heavy atom. The first-order valence-corrected chi connectivity index (χ1v) is 9.04. The number of rotatable bonds is 3. The van der Waals surface area contributed by atoms with E-state index in [4.69, 9.17) is 4.74 Å². The average molecular weight is 372 g/mol. The number of nitrogens with one attached hydrogen (secondary N) is 1. The molecule has 2 aromatic rings. The third kappa shape index (κ3) is 3.57. The topological polar surface area (TPSA) is 78.5 Å². The van der Waals surface area contributed by atoms with Crippen LogP contribution in [0.25, 0.3) is 0 Å². The maximum atomic E-state index is 13.5. The van der Waals surface area contributed by atoms with Crippen molar-refractivity contribution < 1.29 is 13.9 Å². The van der Waals surface area contributed by atoms with E-state index in [0.717, 1.165) is 11.3 Å². The van der Waals surface area contributed by atoms with E-state index >= 15 is 0 Å². The van der Waals surface area contributed by atoms with Crippen LogP contribution in [0.4, 0.5) is 15.9 Å². The summed E-state index contributed by atoms with van der Waals surface area (Å²) in [5.74, 6) is 0.410. The fourth-order valence-corrected chi connectivity index (χ4v) is 3.74. The number of carbonyl (C=O) groups excluding carboxylic acids is 1. The monoisotopic (exact) mass is 372 g/mol. The van der Waals surface area contributed by atoms with Gasteiger partial charge < -0.3 is 19.5 Å². The van der Waals surface area contributed by atoms with Gasteiger partial charge >= 0.3 is 0 Å². The molecule has 2 aliphatic rings. The van der Waals surface area contributed by atoms with Crippen molar-refractivity contribution in [2.24, 2.45) is 0 Å². The van der Waals surface area contributed by atoms with Gasteiger partial charge in [-0.1, -0.05) is 0 Å². The van der Waals surface area contributed by atoms with Crippen molar-refractivity contribution in [1.29, 1.82) is 0 Å². The van der Waals surface area contributed by atoms with Gasteiger partial charge in [-0.2, -0.15) is 0 Å². The molecule has 3 heterocycles. The molecule has 1 fully saturated rings. The normalized spacial score (nSPS) is 19.3. The third-order valence-corrected chi connectivity index (χ3v) is 4.96. The number of aromatic amines is 1. The summed E-state index contributed by atoms with van der Waals surface area (Å²) in [4.78, 5) is 35.7. The van der Waals surface area contributed by atoms with E-state index in [1.165, 1.54) is 18.2 Å². The highest BCUT2D eigenvalue weighted by molar-refractivity contribution is 5.97. The van der Waals surface area contributed by atoms with Crippen molar-refractivity contribution in [3.8, 4) is 0 Å². The van der Waals surface area contributed by atoms with Crippen LogP contribution in [0.15, 0.2) is 29.1 Å². The number of carbonyl (C=O) groups is 1. The third-order valence-electron chi connectivity index (χ3n) is 4.96. The largest absolute Gasteiger partial charge is 0.378 e. The number of benzene rings is 1. The number of halogens is 1. The lowest BCUT2D eigenvalue weighted by molar-refractivity contribution is -0.118. The summed E-state index contributed by atoms with van der Waals surface area (Å²) in [6.45, 7) is 4.41. The van der Waals surface area contributed by atoms with Crippen LogP contribution in [-0.4, -0.2) is 48.2 Å². The number of fused-ring (bicyclic) bond motifs is 1. The minimum absolute atomic E-state index is 0.0193. The first-order valence-electron chi connectivity index (χ1n) is 9.04. The molecule has 7 nitrogen and oxygen atoms in total. The zero-order valence-electron chi connectivity index (χ0n) is 15.1. The Bertz CT molecular complexity index is 923. The fourth-order valence-electron chi connectivity index (χ4n) is 3.74. The quantitative estimate of drug-likeness (QED) is 0.878. The fraction of sp³-hybridized carbons (Fsp3) is 0.421. The first-order chi connectivity index (χ1) is 13.0. The van der Waals surface area contributed by atoms with E-state index in [2.05, 4.69) is 9.97 Å². The number of hydrogen-bond acceptors (Lipinski definition) is 5. The van der Waals surface area contributed by atoms with Crippen LogP contribution in [0, 0.1) is 5.82 Å². The first kappa shape index (κ1) is 17.7. The SMILES string of the molecule is C[C@H]1Cc2cc(F)ccc2N1C(=O)Cc1nc(N2CCOCC2)cc(=O)[nH]1. The number of morpholine rings is 1. The maximum absolute atomic E-state index is 13.5. The van der Waals surface area contributed by atoms with Crippen LogP contribution < -0.4 is 15.4 Å². The highest BCUT2D eigenvalue weighted by atomic mass is 19.1. The Hall–Kier alpha value is -2.74. The molecule has 142 valence electrons. The van der Waals surface area contributed by atoms with Gasteiger partial charge in [-0.05, 0) is 37.1 Å². The Morgan fingerprint density at radius 3 is 2.89 bits per heavy atom. The number of ether oxygens (including phenoxy) is 1. The minimum Gasteiger partial charge on any atom is -0.378 e. The van der Waals surface area contributed by atoms with E-state index in [9.17, 15) is 14.0 Å². The molecule has 27 heavy (non-hydrogen) atoms. The van der Waals surface area contributed by atoms with Gasteiger partial charge in [0.1, 0.15) is 17.5 Å². The van der Waals surface area contributed by atoms with Crippen LogP contribution in [0.5, 0.6) is 0 Å². The van der Waals surface area contributed by atoms with Gasteiger partial charge in [0.25, 0.3) is 5.56 Å². The molecule has 1 saturated heterocycles. The molecule has 1 amide bonds. The summed E-state index contributed by atoms with van der Waals surface area (Å²) in [5.41, 5.74) is 1.26. The van der Waals surface area contributed by atoms with Gasteiger partial charge in [0, 0.05) is 30.9 Å². The second-order valence-corrected chi connectivity index (χ2v) is 6.92. The molecule has 0 saturated carbocycles. The van der Waals surface area contributed by atoms with Gasteiger partial charge in [0.2, 0.25) is 5.91 Å². The standard InChI is InChI=1S/C19H21FN4O3/c1-12-8-13-9-14(20)2-3-15(13)24(12)19(26)10-16-21-17(11-18(25)22-16)23-4-6-27-7-5-23/h2-3,9,11-12H,4-8,10H2,1H3,(H,21,22,25)/t12-/m0/s1. The van der Waals surface area contributed by atoms with Gasteiger partial charge in [0.05, 0.1) is 19.6 Å². The lowest BCUT2D eigenvalue weighted by atomic mass is 10.1. The number of H-pyrrole nitrogens is 1. The van der Waals surface area contributed by atoms with Crippen LogP contribution >= 0.6 is 0 Å². The molecule has 1 atom stereocenters. The lowest BCUT2D eigenvalue weighted by Crippen LogP contribution is -2.39. The van der Waals surface area contributed by atoms with Crippen molar-refractivity contribution in [3.05, 3.63) is 51.8 Å². The molecule has 2 aliphatic heterocycles. The van der Waals surface area contributed by atoms with Crippen LogP contribution in [0.2, 0.25) is 0 Å². The molecule has 0 unspecified atom stereocenters.